The Morgan fingerprint density at radius 2 is 1.59 bits per heavy atom. The number of nitrogens with zero attached hydrogens (tertiary/aromatic N) is 1. The lowest BCUT2D eigenvalue weighted by Crippen LogP contribution is -2.23. The number of nitrogens with one attached hydrogen (secondary N) is 3. The summed E-state index contributed by atoms with van der Waals surface area (Å²) in [4.78, 5) is 34.7. The maximum Gasteiger partial charge on any atom is 0.253 e. The van der Waals surface area contributed by atoms with Gasteiger partial charge in [0.15, 0.2) is 0 Å². The summed E-state index contributed by atoms with van der Waals surface area (Å²) in [6.45, 7) is 0.454. The van der Waals surface area contributed by atoms with Crippen molar-refractivity contribution in [2.75, 3.05) is 0 Å². The highest BCUT2D eigenvalue weighted by molar-refractivity contribution is 5.94. The number of carbonyl (C=O) groups is 1. The third-order valence-electron chi connectivity index (χ3n) is 5.85. The summed E-state index contributed by atoms with van der Waals surface area (Å²) in [5.41, 5.74) is 6.50. The zero-order valence-corrected chi connectivity index (χ0v) is 18.5. The summed E-state index contributed by atoms with van der Waals surface area (Å²) in [6.07, 6.45) is 8.18. The maximum absolute atomic E-state index is 12.7. The van der Waals surface area contributed by atoms with E-state index in [0.29, 0.717) is 24.9 Å². The molecule has 0 saturated carbocycles. The number of amides is 1. The number of fused-ring (bicyclic) bond motifs is 1. The first-order valence-corrected chi connectivity index (χ1v) is 11.2. The summed E-state index contributed by atoms with van der Waals surface area (Å²) in [6, 6.07) is 21.8. The monoisotopic (exact) mass is 448 g/mol. The first-order chi connectivity index (χ1) is 16.6. The number of H-pyrrole nitrogens is 2. The normalized spacial score (nSPS) is 10.9. The lowest BCUT2D eigenvalue weighted by atomic mass is 10.0. The van der Waals surface area contributed by atoms with Crippen molar-refractivity contribution < 1.29 is 4.79 Å². The second-order valence-corrected chi connectivity index (χ2v) is 8.36. The molecule has 168 valence electrons. The zero-order chi connectivity index (χ0) is 23.3. The predicted molar refractivity (Wildman–Crippen MR) is 133 cm³/mol. The fraction of sp³-hybridized carbons (Fsp3) is 0.107. The molecule has 6 nitrogen and oxygen atoms in total. The minimum absolute atomic E-state index is 0.0576. The van der Waals surface area contributed by atoms with Crippen LogP contribution in [-0.2, 0) is 19.4 Å². The van der Waals surface area contributed by atoms with Gasteiger partial charge in [-0.05, 0) is 64.4 Å². The van der Waals surface area contributed by atoms with Gasteiger partial charge in [0, 0.05) is 48.8 Å². The first-order valence-electron chi connectivity index (χ1n) is 11.2. The van der Waals surface area contributed by atoms with E-state index < -0.39 is 0 Å². The van der Waals surface area contributed by atoms with Gasteiger partial charge in [-0.2, -0.15) is 0 Å². The number of rotatable bonds is 7. The van der Waals surface area contributed by atoms with Gasteiger partial charge in [0.1, 0.15) is 0 Å². The van der Waals surface area contributed by atoms with Gasteiger partial charge in [0.05, 0.1) is 5.56 Å². The molecule has 0 aliphatic heterocycles. The van der Waals surface area contributed by atoms with Crippen molar-refractivity contribution in [3.8, 4) is 0 Å². The van der Waals surface area contributed by atoms with Crippen LogP contribution in [0.15, 0.2) is 96.3 Å². The number of carbonyl (C=O) groups excluding carboxylic acids is 1. The smallest absolute Gasteiger partial charge is 0.253 e. The molecule has 0 fully saturated rings. The molecular weight excluding hydrogens is 424 g/mol. The number of aromatic amines is 2. The Hall–Kier alpha value is -4.45. The van der Waals surface area contributed by atoms with E-state index in [1.165, 1.54) is 0 Å². The molecule has 2 aromatic carbocycles. The average molecular weight is 449 g/mol. The summed E-state index contributed by atoms with van der Waals surface area (Å²) < 4.78 is 0. The summed E-state index contributed by atoms with van der Waals surface area (Å²) >= 11 is 0. The molecule has 0 spiro atoms. The van der Waals surface area contributed by atoms with E-state index in [0.717, 1.165) is 38.7 Å². The summed E-state index contributed by atoms with van der Waals surface area (Å²) in [5, 5.41) is 4.10. The van der Waals surface area contributed by atoms with Crippen LogP contribution in [0.2, 0.25) is 0 Å². The molecule has 3 aromatic heterocycles. The predicted octanol–water partition coefficient (Wildman–Crippen LogP) is 4.36. The third kappa shape index (κ3) is 4.96. The van der Waals surface area contributed by atoms with Crippen molar-refractivity contribution in [2.45, 2.75) is 19.4 Å². The average Bonchev–Trinajstić information content (AvgIpc) is 3.33. The van der Waals surface area contributed by atoms with Crippen molar-refractivity contribution in [1.29, 1.82) is 0 Å². The molecule has 5 aromatic rings. The fourth-order valence-electron chi connectivity index (χ4n) is 4.03. The van der Waals surface area contributed by atoms with E-state index in [9.17, 15) is 9.59 Å². The fourth-order valence-corrected chi connectivity index (χ4v) is 4.03. The van der Waals surface area contributed by atoms with E-state index >= 15 is 0 Å². The van der Waals surface area contributed by atoms with E-state index in [1.807, 2.05) is 54.7 Å². The Bertz CT molecular complexity index is 1500. The zero-order valence-electron chi connectivity index (χ0n) is 18.5. The van der Waals surface area contributed by atoms with Gasteiger partial charge >= 0.3 is 0 Å². The van der Waals surface area contributed by atoms with Crippen LogP contribution in [0.3, 0.4) is 0 Å². The van der Waals surface area contributed by atoms with Crippen LogP contribution in [-0.4, -0.2) is 20.9 Å². The van der Waals surface area contributed by atoms with Crippen LogP contribution in [0.25, 0.3) is 10.9 Å². The van der Waals surface area contributed by atoms with Crippen molar-refractivity contribution in [3.63, 3.8) is 0 Å². The highest BCUT2D eigenvalue weighted by Crippen LogP contribution is 2.15. The summed E-state index contributed by atoms with van der Waals surface area (Å²) in [5.74, 6) is -0.146. The Labute approximate surface area is 196 Å². The number of benzene rings is 2. The Kier molecular flexibility index (Phi) is 6.03. The number of aromatic nitrogens is 3. The van der Waals surface area contributed by atoms with Gasteiger partial charge in [-0.3, -0.25) is 14.6 Å². The molecule has 34 heavy (non-hydrogen) atoms. The molecule has 0 aliphatic rings. The minimum Gasteiger partial charge on any atom is -0.361 e. The number of pyridine rings is 2. The van der Waals surface area contributed by atoms with Gasteiger partial charge in [0.25, 0.3) is 11.5 Å². The Morgan fingerprint density at radius 3 is 2.41 bits per heavy atom. The highest BCUT2D eigenvalue weighted by Gasteiger charge is 2.08. The van der Waals surface area contributed by atoms with Gasteiger partial charge in [-0.25, -0.2) is 0 Å². The molecule has 0 radical (unpaired) electrons. The molecule has 6 heteroatoms. The largest absolute Gasteiger partial charge is 0.361 e. The standard InChI is InChI=1S/C28H24N4O2/c33-27-24(2-1-10-31-27)13-20-5-3-19(4-6-20)12-22-15-25(18-29-16-22)28(34)32-17-21-7-8-26-23(14-21)9-11-30-26/h1-11,14-16,18,30H,12-13,17H2,(H,31,33)(H,32,34). The van der Waals surface area contributed by atoms with Crippen LogP contribution >= 0.6 is 0 Å². The van der Waals surface area contributed by atoms with Gasteiger partial charge in [-0.15, -0.1) is 0 Å². The number of hydrogen-bond acceptors (Lipinski definition) is 3. The van der Waals surface area contributed by atoms with E-state index in [1.54, 1.807) is 18.6 Å². The van der Waals surface area contributed by atoms with Crippen LogP contribution in [0, 0.1) is 0 Å². The second-order valence-electron chi connectivity index (χ2n) is 8.36. The molecule has 0 bridgehead atoms. The molecule has 0 atom stereocenters. The molecule has 0 unspecified atom stereocenters. The molecule has 0 aliphatic carbocycles. The maximum atomic E-state index is 12.7. The van der Waals surface area contributed by atoms with Gasteiger partial charge in [0.2, 0.25) is 0 Å². The van der Waals surface area contributed by atoms with Crippen LogP contribution < -0.4 is 10.9 Å². The topological polar surface area (TPSA) is 90.6 Å². The van der Waals surface area contributed by atoms with E-state index in [2.05, 4.69) is 38.5 Å². The van der Waals surface area contributed by atoms with Gasteiger partial charge in [-0.1, -0.05) is 36.4 Å². The quantitative estimate of drug-likeness (QED) is 0.345. The van der Waals surface area contributed by atoms with Gasteiger partial charge < -0.3 is 15.3 Å². The second kappa shape index (κ2) is 9.58. The molecule has 1 amide bonds. The van der Waals surface area contributed by atoms with Crippen LogP contribution in [0.4, 0.5) is 0 Å². The lowest BCUT2D eigenvalue weighted by Gasteiger charge is -2.08. The summed E-state index contributed by atoms with van der Waals surface area (Å²) in [7, 11) is 0. The van der Waals surface area contributed by atoms with Crippen molar-refractivity contribution in [2.24, 2.45) is 0 Å². The van der Waals surface area contributed by atoms with Crippen molar-refractivity contribution in [1.82, 2.24) is 20.3 Å². The van der Waals surface area contributed by atoms with Crippen molar-refractivity contribution >= 4 is 16.8 Å². The Balaban J connectivity index is 1.21. The minimum atomic E-state index is -0.146. The van der Waals surface area contributed by atoms with Crippen LogP contribution in [0.1, 0.15) is 38.2 Å². The molecule has 0 saturated heterocycles. The molecule has 5 rings (SSSR count). The molecule has 3 heterocycles. The van der Waals surface area contributed by atoms with Crippen molar-refractivity contribution in [3.05, 3.63) is 135 Å². The Morgan fingerprint density at radius 1 is 0.794 bits per heavy atom. The third-order valence-corrected chi connectivity index (χ3v) is 5.85. The van der Waals surface area contributed by atoms with E-state index in [-0.39, 0.29) is 11.5 Å². The number of hydrogen-bond donors (Lipinski definition) is 3. The lowest BCUT2D eigenvalue weighted by molar-refractivity contribution is 0.0950. The molecular formula is C28H24N4O2. The molecule has 3 N–H and O–H groups in total. The first kappa shape index (κ1) is 21.4. The van der Waals surface area contributed by atoms with Crippen LogP contribution in [0.5, 0.6) is 0 Å². The SMILES string of the molecule is O=C(NCc1ccc2[nH]ccc2c1)c1cncc(Cc2ccc(Cc3ccc[nH]c3=O)cc2)c1. The highest BCUT2D eigenvalue weighted by atomic mass is 16.1. The van der Waals surface area contributed by atoms with E-state index in [4.69, 9.17) is 0 Å².